The van der Waals surface area contributed by atoms with Gasteiger partial charge in [0.05, 0.1) is 11.2 Å². The minimum Gasteiger partial charge on any atom is -0.467 e. The quantitative estimate of drug-likeness (QED) is 0.728. The Balaban J connectivity index is 1.68. The summed E-state index contributed by atoms with van der Waals surface area (Å²) < 4.78 is 32.2. The van der Waals surface area contributed by atoms with Crippen LogP contribution < -0.4 is 4.72 Å². The van der Waals surface area contributed by atoms with E-state index in [1.54, 1.807) is 30.3 Å². The van der Waals surface area contributed by atoms with Crippen LogP contribution in [-0.2, 0) is 10.0 Å². The van der Waals surface area contributed by atoms with Gasteiger partial charge in [0, 0.05) is 6.54 Å². The highest BCUT2D eigenvalue weighted by Crippen LogP contribution is 2.20. The van der Waals surface area contributed by atoms with Gasteiger partial charge in [-0.15, -0.1) is 0 Å². The third-order valence-corrected chi connectivity index (χ3v) is 5.07. The zero-order valence-electron chi connectivity index (χ0n) is 12.3. The van der Waals surface area contributed by atoms with Crippen LogP contribution in [0.25, 0.3) is 10.8 Å². The summed E-state index contributed by atoms with van der Waals surface area (Å²) in [5.41, 5.74) is 0. The van der Waals surface area contributed by atoms with Gasteiger partial charge in [0.15, 0.2) is 0 Å². The van der Waals surface area contributed by atoms with Gasteiger partial charge in [-0.05, 0) is 41.5 Å². The van der Waals surface area contributed by atoms with E-state index in [1.807, 2.05) is 24.3 Å². The van der Waals surface area contributed by atoms with E-state index in [1.165, 1.54) is 6.26 Å². The maximum Gasteiger partial charge on any atom is 0.240 e. The van der Waals surface area contributed by atoms with Crippen molar-refractivity contribution >= 4 is 20.8 Å². The van der Waals surface area contributed by atoms with Crippen LogP contribution in [0.1, 0.15) is 18.3 Å². The number of sulfonamides is 1. The normalized spacial score (nSPS) is 13.3. The molecule has 1 unspecified atom stereocenters. The standard InChI is InChI=1S/C17H17NO4S/c19-16(17-6-3-11-22-17)9-10-18-23(20,21)15-8-7-13-4-1-2-5-14(13)12-15/h1-8,11-12,16,18-19H,9-10H2. The lowest BCUT2D eigenvalue weighted by atomic mass is 10.1. The second kappa shape index (κ2) is 6.54. The summed E-state index contributed by atoms with van der Waals surface area (Å²) in [5, 5.41) is 11.7. The van der Waals surface area contributed by atoms with Crippen molar-refractivity contribution in [3.63, 3.8) is 0 Å². The smallest absolute Gasteiger partial charge is 0.240 e. The molecular formula is C17H17NO4S. The predicted octanol–water partition coefficient (Wildman–Crippen LogP) is 2.83. The maximum absolute atomic E-state index is 12.3. The minimum absolute atomic E-state index is 0.122. The van der Waals surface area contributed by atoms with Gasteiger partial charge < -0.3 is 9.52 Å². The summed E-state index contributed by atoms with van der Waals surface area (Å²) in [4.78, 5) is 0.212. The molecule has 1 aromatic heterocycles. The van der Waals surface area contributed by atoms with Crippen molar-refractivity contribution in [3.05, 3.63) is 66.6 Å². The molecule has 3 aromatic rings. The van der Waals surface area contributed by atoms with Crippen molar-refractivity contribution in [2.45, 2.75) is 17.4 Å². The van der Waals surface area contributed by atoms with Crippen LogP contribution in [0.3, 0.4) is 0 Å². The van der Waals surface area contributed by atoms with E-state index >= 15 is 0 Å². The van der Waals surface area contributed by atoms with Crippen molar-refractivity contribution in [2.24, 2.45) is 0 Å². The molecule has 0 saturated heterocycles. The summed E-state index contributed by atoms with van der Waals surface area (Å²) in [6, 6.07) is 15.9. The lowest BCUT2D eigenvalue weighted by Gasteiger charge is -2.10. The molecule has 6 heteroatoms. The first-order chi connectivity index (χ1) is 11.1. The van der Waals surface area contributed by atoms with Crippen LogP contribution >= 0.6 is 0 Å². The highest BCUT2D eigenvalue weighted by atomic mass is 32.2. The molecule has 23 heavy (non-hydrogen) atoms. The lowest BCUT2D eigenvalue weighted by Crippen LogP contribution is -2.25. The van der Waals surface area contributed by atoms with Gasteiger partial charge in [-0.3, -0.25) is 0 Å². The molecule has 0 aliphatic carbocycles. The number of furan rings is 1. The third kappa shape index (κ3) is 3.61. The zero-order chi connectivity index (χ0) is 16.3. The average molecular weight is 331 g/mol. The molecule has 0 aliphatic heterocycles. The van der Waals surface area contributed by atoms with Gasteiger partial charge in [0.2, 0.25) is 10.0 Å². The second-order valence-electron chi connectivity index (χ2n) is 5.23. The van der Waals surface area contributed by atoms with Crippen molar-refractivity contribution in [1.82, 2.24) is 4.72 Å². The van der Waals surface area contributed by atoms with Crippen molar-refractivity contribution in [1.29, 1.82) is 0 Å². The highest BCUT2D eigenvalue weighted by molar-refractivity contribution is 7.89. The van der Waals surface area contributed by atoms with E-state index in [9.17, 15) is 13.5 Å². The van der Waals surface area contributed by atoms with Crippen LogP contribution in [0.5, 0.6) is 0 Å². The van der Waals surface area contributed by atoms with Crippen LogP contribution in [0.4, 0.5) is 0 Å². The summed E-state index contributed by atoms with van der Waals surface area (Å²) in [6.45, 7) is 0.122. The number of aliphatic hydroxyl groups excluding tert-OH is 1. The molecule has 0 radical (unpaired) electrons. The first-order valence-corrected chi connectivity index (χ1v) is 8.74. The molecule has 0 spiro atoms. The molecule has 0 bridgehead atoms. The predicted molar refractivity (Wildman–Crippen MR) is 87.4 cm³/mol. The van der Waals surface area contributed by atoms with Crippen LogP contribution in [0.15, 0.2) is 70.2 Å². The number of hydrogen-bond donors (Lipinski definition) is 2. The number of aliphatic hydroxyl groups is 1. The van der Waals surface area contributed by atoms with Gasteiger partial charge in [0.1, 0.15) is 11.9 Å². The Morgan fingerprint density at radius 3 is 2.57 bits per heavy atom. The molecule has 0 saturated carbocycles. The van der Waals surface area contributed by atoms with E-state index in [2.05, 4.69) is 4.72 Å². The van der Waals surface area contributed by atoms with E-state index in [0.29, 0.717) is 5.76 Å². The summed E-state index contributed by atoms with van der Waals surface area (Å²) >= 11 is 0. The van der Waals surface area contributed by atoms with Gasteiger partial charge in [-0.1, -0.05) is 30.3 Å². The highest BCUT2D eigenvalue weighted by Gasteiger charge is 2.16. The lowest BCUT2D eigenvalue weighted by molar-refractivity contribution is 0.142. The largest absolute Gasteiger partial charge is 0.467 e. The minimum atomic E-state index is -3.61. The van der Waals surface area contributed by atoms with Gasteiger partial charge in [-0.2, -0.15) is 0 Å². The molecule has 3 rings (SSSR count). The second-order valence-corrected chi connectivity index (χ2v) is 6.99. The van der Waals surface area contributed by atoms with Gasteiger partial charge >= 0.3 is 0 Å². The fraction of sp³-hybridized carbons (Fsp3) is 0.176. The first kappa shape index (κ1) is 15.7. The van der Waals surface area contributed by atoms with Crippen molar-refractivity contribution in [2.75, 3.05) is 6.54 Å². The molecule has 0 aliphatic rings. The van der Waals surface area contributed by atoms with Crippen molar-refractivity contribution < 1.29 is 17.9 Å². The van der Waals surface area contributed by atoms with Crippen LogP contribution in [0, 0.1) is 0 Å². The number of hydrogen-bond acceptors (Lipinski definition) is 4. The zero-order valence-corrected chi connectivity index (χ0v) is 13.2. The molecule has 0 amide bonds. The topological polar surface area (TPSA) is 79.5 Å². The Hall–Kier alpha value is -2.15. The molecule has 0 fully saturated rings. The molecule has 1 atom stereocenters. The van der Waals surface area contributed by atoms with E-state index in [4.69, 9.17) is 4.42 Å². The Kier molecular flexibility index (Phi) is 4.47. The Labute approximate surface area is 134 Å². The molecular weight excluding hydrogens is 314 g/mol. The number of benzene rings is 2. The number of rotatable bonds is 6. The van der Waals surface area contributed by atoms with Crippen LogP contribution in [0.2, 0.25) is 0 Å². The van der Waals surface area contributed by atoms with Crippen molar-refractivity contribution in [3.8, 4) is 0 Å². The monoisotopic (exact) mass is 331 g/mol. The number of nitrogens with one attached hydrogen (secondary N) is 1. The molecule has 2 aromatic carbocycles. The Bertz CT molecular complexity index is 888. The van der Waals surface area contributed by atoms with Gasteiger partial charge in [0.25, 0.3) is 0 Å². The summed E-state index contributed by atoms with van der Waals surface area (Å²) in [7, 11) is -3.61. The fourth-order valence-electron chi connectivity index (χ4n) is 2.37. The number of fused-ring (bicyclic) bond motifs is 1. The first-order valence-electron chi connectivity index (χ1n) is 7.26. The third-order valence-electron chi connectivity index (χ3n) is 3.61. The molecule has 2 N–H and O–H groups in total. The van der Waals surface area contributed by atoms with E-state index in [0.717, 1.165) is 10.8 Å². The maximum atomic E-state index is 12.3. The van der Waals surface area contributed by atoms with E-state index in [-0.39, 0.29) is 17.9 Å². The summed E-state index contributed by atoms with van der Waals surface area (Å²) in [5.74, 6) is 0.426. The van der Waals surface area contributed by atoms with Gasteiger partial charge in [-0.25, -0.2) is 13.1 Å². The Morgan fingerprint density at radius 1 is 1.04 bits per heavy atom. The fourth-order valence-corrected chi connectivity index (χ4v) is 3.45. The molecule has 1 heterocycles. The SMILES string of the molecule is O=S(=O)(NCCC(O)c1ccco1)c1ccc2ccccc2c1. The Morgan fingerprint density at radius 2 is 1.83 bits per heavy atom. The van der Waals surface area contributed by atoms with Crippen LogP contribution in [-0.4, -0.2) is 20.1 Å². The van der Waals surface area contributed by atoms with E-state index < -0.39 is 16.1 Å². The average Bonchev–Trinajstić information content (AvgIpc) is 3.08. The molecule has 120 valence electrons. The molecule has 5 nitrogen and oxygen atoms in total. The summed E-state index contributed by atoms with van der Waals surface area (Å²) in [6.07, 6.45) is 0.877.